The number of carbonyl (C=O) groups is 1. The van der Waals surface area contributed by atoms with E-state index in [-0.39, 0.29) is 11.3 Å². The van der Waals surface area contributed by atoms with Crippen LogP contribution in [-0.2, 0) is 14.8 Å². The highest BCUT2D eigenvalue weighted by molar-refractivity contribution is 7.90. The number of benzene rings is 1. The Balaban J connectivity index is 2.86. The van der Waals surface area contributed by atoms with Gasteiger partial charge in [0.1, 0.15) is 0 Å². The van der Waals surface area contributed by atoms with Gasteiger partial charge in [-0.05, 0) is 12.1 Å². The van der Waals surface area contributed by atoms with Crippen molar-refractivity contribution < 1.29 is 13.2 Å². The normalized spacial score (nSPS) is 10.7. The molecule has 0 saturated carbocycles. The summed E-state index contributed by atoms with van der Waals surface area (Å²) in [5.74, 6) is -0.589. The number of amides is 1. The molecule has 0 aliphatic carbocycles. The van der Waals surface area contributed by atoms with Crippen molar-refractivity contribution >= 4 is 15.9 Å². The zero-order valence-corrected chi connectivity index (χ0v) is 8.83. The SMILES string of the molecule is C=CCC(=O)NS(=O)(=O)c1ccccc1. The topological polar surface area (TPSA) is 63.2 Å². The van der Waals surface area contributed by atoms with E-state index >= 15 is 0 Å². The third-order valence-corrected chi connectivity index (χ3v) is 3.02. The molecular weight excluding hydrogens is 214 g/mol. The monoisotopic (exact) mass is 225 g/mol. The fraction of sp³-hybridized carbons (Fsp3) is 0.100. The third kappa shape index (κ3) is 3.21. The summed E-state index contributed by atoms with van der Waals surface area (Å²) in [6, 6.07) is 7.72. The molecule has 1 rings (SSSR count). The van der Waals surface area contributed by atoms with Gasteiger partial charge >= 0.3 is 0 Å². The van der Waals surface area contributed by atoms with Crippen LogP contribution in [0.5, 0.6) is 0 Å². The van der Waals surface area contributed by atoms with Gasteiger partial charge in [0, 0.05) is 6.42 Å². The first-order chi connectivity index (χ1) is 7.06. The smallest absolute Gasteiger partial charge is 0.264 e. The second-order valence-electron chi connectivity index (χ2n) is 2.83. The average molecular weight is 225 g/mol. The number of hydrogen-bond donors (Lipinski definition) is 1. The Kier molecular flexibility index (Phi) is 3.62. The second-order valence-corrected chi connectivity index (χ2v) is 4.52. The van der Waals surface area contributed by atoms with Crippen LogP contribution in [0.1, 0.15) is 6.42 Å². The van der Waals surface area contributed by atoms with E-state index < -0.39 is 15.9 Å². The number of rotatable bonds is 4. The summed E-state index contributed by atoms with van der Waals surface area (Å²) in [6.07, 6.45) is 1.32. The van der Waals surface area contributed by atoms with E-state index in [1.165, 1.54) is 18.2 Å². The molecule has 0 fully saturated rings. The van der Waals surface area contributed by atoms with Crippen molar-refractivity contribution in [3.05, 3.63) is 43.0 Å². The van der Waals surface area contributed by atoms with Crippen molar-refractivity contribution in [3.63, 3.8) is 0 Å². The molecule has 1 amide bonds. The fourth-order valence-corrected chi connectivity index (χ4v) is 2.00. The van der Waals surface area contributed by atoms with Gasteiger partial charge in [-0.25, -0.2) is 13.1 Å². The third-order valence-electron chi connectivity index (χ3n) is 1.63. The molecule has 1 N–H and O–H groups in total. The molecule has 80 valence electrons. The molecule has 0 unspecified atom stereocenters. The number of nitrogens with one attached hydrogen (secondary N) is 1. The van der Waals surface area contributed by atoms with Gasteiger partial charge in [0.15, 0.2) is 0 Å². The van der Waals surface area contributed by atoms with Gasteiger partial charge in [-0.15, -0.1) is 6.58 Å². The Bertz CT molecular complexity index is 451. The number of sulfonamides is 1. The van der Waals surface area contributed by atoms with Crippen molar-refractivity contribution in [1.82, 2.24) is 4.72 Å². The number of hydrogen-bond acceptors (Lipinski definition) is 3. The predicted octanol–water partition coefficient (Wildman–Crippen LogP) is 1.07. The highest BCUT2D eigenvalue weighted by Gasteiger charge is 2.15. The molecule has 0 heterocycles. The molecule has 0 atom stereocenters. The van der Waals surface area contributed by atoms with Crippen molar-refractivity contribution in [1.29, 1.82) is 0 Å². The van der Waals surface area contributed by atoms with Gasteiger partial charge in [-0.1, -0.05) is 24.3 Å². The Hall–Kier alpha value is -1.62. The molecule has 0 aromatic heterocycles. The van der Waals surface area contributed by atoms with Crippen molar-refractivity contribution in [2.45, 2.75) is 11.3 Å². The van der Waals surface area contributed by atoms with Gasteiger partial charge in [-0.2, -0.15) is 0 Å². The number of carbonyl (C=O) groups excluding carboxylic acids is 1. The Morgan fingerprint density at radius 3 is 2.47 bits per heavy atom. The largest absolute Gasteiger partial charge is 0.274 e. The maximum Gasteiger partial charge on any atom is 0.264 e. The molecular formula is C10H11NO3S. The summed E-state index contributed by atoms with van der Waals surface area (Å²) in [5.41, 5.74) is 0. The standard InChI is InChI=1S/C10H11NO3S/c1-2-6-10(12)11-15(13,14)9-7-4-3-5-8-9/h2-5,7-8H,1,6H2,(H,11,12). The lowest BCUT2D eigenvalue weighted by atomic mass is 10.4. The Morgan fingerprint density at radius 2 is 1.93 bits per heavy atom. The summed E-state index contributed by atoms with van der Waals surface area (Å²) in [6.45, 7) is 3.35. The molecule has 1 aromatic rings. The lowest BCUT2D eigenvalue weighted by molar-refractivity contribution is -0.118. The summed E-state index contributed by atoms with van der Waals surface area (Å²) < 4.78 is 25.0. The average Bonchev–Trinajstić information content (AvgIpc) is 2.18. The minimum absolute atomic E-state index is 0.0218. The maximum absolute atomic E-state index is 11.6. The van der Waals surface area contributed by atoms with E-state index in [0.29, 0.717) is 0 Å². The fourth-order valence-electron chi connectivity index (χ4n) is 0.981. The van der Waals surface area contributed by atoms with Crippen LogP contribution >= 0.6 is 0 Å². The molecule has 5 heteroatoms. The van der Waals surface area contributed by atoms with Gasteiger partial charge in [0.05, 0.1) is 4.90 Å². The maximum atomic E-state index is 11.6. The van der Waals surface area contributed by atoms with Crippen LogP contribution < -0.4 is 4.72 Å². The highest BCUT2D eigenvalue weighted by atomic mass is 32.2. The van der Waals surface area contributed by atoms with Gasteiger partial charge < -0.3 is 0 Å². The first-order valence-corrected chi connectivity index (χ1v) is 5.76. The Labute approximate surface area is 88.7 Å². The lowest BCUT2D eigenvalue weighted by Gasteiger charge is -2.04. The first kappa shape index (κ1) is 11.5. The van der Waals surface area contributed by atoms with Crippen molar-refractivity contribution in [3.8, 4) is 0 Å². The molecule has 1 aromatic carbocycles. The minimum atomic E-state index is -3.73. The van der Waals surface area contributed by atoms with Crippen LogP contribution in [-0.4, -0.2) is 14.3 Å². The van der Waals surface area contributed by atoms with Gasteiger partial charge in [-0.3, -0.25) is 4.79 Å². The molecule has 0 spiro atoms. The molecule has 15 heavy (non-hydrogen) atoms. The summed E-state index contributed by atoms with van der Waals surface area (Å²) in [5, 5.41) is 0. The van der Waals surface area contributed by atoms with Crippen molar-refractivity contribution in [2.75, 3.05) is 0 Å². The van der Waals surface area contributed by atoms with Gasteiger partial charge in [0.25, 0.3) is 10.0 Å². The highest BCUT2D eigenvalue weighted by Crippen LogP contribution is 2.06. The van der Waals surface area contributed by atoms with Gasteiger partial charge in [0.2, 0.25) is 5.91 Å². The van der Waals surface area contributed by atoms with E-state index in [0.717, 1.165) is 0 Å². The minimum Gasteiger partial charge on any atom is -0.274 e. The molecule has 0 aliphatic heterocycles. The lowest BCUT2D eigenvalue weighted by Crippen LogP contribution is -2.29. The van der Waals surface area contributed by atoms with Crippen LogP contribution in [0, 0.1) is 0 Å². The Morgan fingerprint density at radius 1 is 1.33 bits per heavy atom. The van der Waals surface area contributed by atoms with E-state index in [1.807, 2.05) is 4.72 Å². The quantitative estimate of drug-likeness (QED) is 0.779. The second kappa shape index (κ2) is 4.75. The van der Waals surface area contributed by atoms with Crippen LogP contribution in [0.2, 0.25) is 0 Å². The summed E-state index contributed by atoms with van der Waals surface area (Å²) in [7, 11) is -3.73. The van der Waals surface area contributed by atoms with E-state index in [1.54, 1.807) is 18.2 Å². The van der Waals surface area contributed by atoms with Crippen LogP contribution in [0.25, 0.3) is 0 Å². The van der Waals surface area contributed by atoms with E-state index in [4.69, 9.17) is 0 Å². The van der Waals surface area contributed by atoms with Crippen LogP contribution in [0.3, 0.4) is 0 Å². The van der Waals surface area contributed by atoms with Crippen LogP contribution in [0.4, 0.5) is 0 Å². The molecule has 0 radical (unpaired) electrons. The molecule has 4 nitrogen and oxygen atoms in total. The van der Waals surface area contributed by atoms with Crippen molar-refractivity contribution in [2.24, 2.45) is 0 Å². The molecule has 0 aliphatic rings. The zero-order chi connectivity index (χ0) is 11.3. The zero-order valence-electron chi connectivity index (χ0n) is 8.01. The first-order valence-electron chi connectivity index (χ1n) is 4.28. The molecule has 0 bridgehead atoms. The summed E-state index contributed by atoms with van der Waals surface area (Å²) >= 11 is 0. The summed E-state index contributed by atoms with van der Waals surface area (Å²) in [4.78, 5) is 11.1. The molecule has 0 saturated heterocycles. The van der Waals surface area contributed by atoms with E-state index in [2.05, 4.69) is 6.58 Å². The van der Waals surface area contributed by atoms with E-state index in [9.17, 15) is 13.2 Å². The van der Waals surface area contributed by atoms with Crippen LogP contribution in [0.15, 0.2) is 47.9 Å². The predicted molar refractivity (Wildman–Crippen MR) is 56.6 cm³/mol.